The Morgan fingerprint density at radius 2 is 2.00 bits per heavy atom. The average Bonchev–Trinajstić information content (AvgIpc) is 3.36. The van der Waals surface area contributed by atoms with Crippen molar-refractivity contribution in [3.05, 3.63) is 57.9 Å². The van der Waals surface area contributed by atoms with Crippen molar-refractivity contribution in [3.8, 4) is 6.07 Å². The molecule has 1 aromatic carbocycles. The van der Waals surface area contributed by atoms with Crippen molar-refractivity contribution in [2.75, 3.05) is 18.4 Å². The van der Waals surface area contributed by atoms with Crippen molar-refractivity contribution in [1.82, 2.24) is 15.5 Å². The zero-order chi connectivity index (χ0) is 17.5. The molecule has 1 fully saturated rings. The van der Waals surface area contributed by atoms with Gasteiger partial charge in [-0.1, -0.05) is 18.2 Å². The van der Waals surface area contributed by atoms with Gasteiger partial charge < -0.3 is 10.6 Å². The molecule has 1 aromatic heterocycles. The number of aryl methyl sites for hydroxylation is 1. The van der Waals surface area contributed by atoms with E-state index in [1.807, 2.05) is 6.20 Å². The van der Waals surface area contributed by atoms with Gasteiger partial charge in [-0.3, -0.25) is 5.10 Å². The van der Waals surface area contributed by atoms with Crippen LogP contribution in [0.2, 0.25) is 0 Å². The summed E-state index contributed by atoms with van der Waals surface area (Å²) in [6.07, 6.45) is 7.56. The summed E-state index contributed by atoms with van der Waals surface area (Å²) in [6.45, 7) is 2.01. The molecule has 1 saturated heterocycles. The third-order valence-corrected chi connectivity index (χ3v) is 6.17. The SMILES string of the molecule is N#CC1=C(C2CCNCC2)Nc2n[nH]cc2C1c1cccc2c1CCC2. The van der Waals surface area contributed by atoms with Gasteiger partial charge in [0.25, 0.3) is 0 Å². The molecule has 26 heavy (non-hydrogen) atoms. The van der Waals surface area contributed by atoms with Gasteiger partial charge in [-0.25, -0.2) is 0 Å². The summed E-state index contributed by atoms with van der Waals surface area (Å²) >= 11 is 0. The maximum Gasteiger partial charge on any atom is 0.156 e. The smallest absolute Gasteiger partial charge is 0.156 e. The van der Waals surface area contributed by atoms with Gasteiger partial charge in [-0.2, -0.15) is 10.4 Å². The van der Waals surface area contributed by atoms with E-state index >= 15 is 0 Å². The molecule has 2 aliphatic heterocycles. The van der Waals surface area contributed by atoms with Gasteiger partial charge in [0.15, 0.2) is 5.82 Å². The van der Waals surface area contributed by atoms with Crippen LogP contribution in [0.25, 0.3) is 0 Å². The van der Waals surface area contributed by atoms with Gasteiger partial charge in [0.05, 0.1) is 17.6 Å². The predicted molar refractivity (Wildman–Crippen MR) is 101 cm³/mol. The van der Waals surface area contributed by atoms with Crippen LogP contribution in [-0.2, 0) is 12.8 Å². The van der Waals surface area contributed by atoms with Crippen LogP contribution in [0.5, 0.6) is 0 Å². The highest BCUT2D eigenvalue weighted by Gasteiger charge is 2.36. The fraction of sp³-hybridized carbons (Fsp3) is 0.429. The summed E-state index contributed by atoms with van der Waals surface area (Å²) in [6, 6.07) is 9.19. The molecular formula is C21H23N5. The van der Waals surface area contributed by atoms with Crippen molar-refractivity contribution in [2.45, 2.75) is 38.0 Å². The number of fused-ring (bicyclic) bond motifs is 2. The number of hydrogen-bond acceptors (Lipinski definition) is 4. The van der Waals surface area contributed by atoms with Crippen molar-refractivity contribution in [3.63, 3.8) is 0 Å². The minimum absolute atomic E-state index is 0.00654. The van der Waals surface area contributed by atoms with E-state index in [-0.39, 0.29) is 5.92 Å². The standard InChI is InChI=1S/C21H23N5/c22-11-17-19(16-6-2-4-13-3-1-5-15(13)16)18-12-24-26-21(18)25-20(17)14-7-9-23-10-8-14/h2,4,6,12,14,19,23H,1,3,5,7-10H2,(H2,24,25,26). The molecule has 0 spiro atoms. The second-order valence-corrected chi connectivity index (χ2v) is 7.55. The van der Waals surface area contributed by atoms with E-state index in [9.17, 15) is 5.26 Å². The van der Waals surface area contributed by atoms with E-state index in [2.05, 4.69) is 45.1 Å². The van der Waals surface area contributed by atoms with Crippen molar-refractivity contribution in [2.24, 2.45) is 5.92 Å². The quantitative estimate of drug-likeness (QED) is 0.781. The second-order valence-electron chi connectivity index (χ2n) is 7.55. The van der Waals surface area contributed by atoms with Crippen LogP contribution >= 0.6 is 0 Å². The van der Waals surface area contributed by atoms with E-state index in [1.165, 1.54) is 23.1 Å². The molecule has 0 bridgehead atoms. The molecule has 1 atom stereocenters. The maximum atomic E-state index is 10.1. The third kappa shape index (κ3) is 2.37. The highest BCUT2D eigenvalue weighted by Crippen LogP contribution is 2.45. The van der Waals surface area contributed by atoms with Gasteiger partial charge in [-0.15, -0.1) is 0 Å². The van der Waals surface area contributed by atoms with Crippen LogP contribution in [0.15, 0.2) is 35.7 Å². The van der Waals surface area contributed by atoms with E-state index in [1.54, 1.807) is 0 Å². The summed E-state index contributed by atoms with van der Waals surface area (Å²) in [5.41, 5.74) is 7.27. The number of nitrogens with zero attached hydrogens (tertiary/aromatic N) is 2. The van der Waals surface area contributed by atoms with Crippen LogP contribution < -0.4 is 10.6 Å². The van der Waals surface area contributed by atoms with E-state index in [0.717, 1.165) is 61.4 Å². The number of rotatable bonds is 2. The highest BCUT2D eigenvalue weighted by molar-refractivity contribution is 5.66. The Kier molecular flexibility index (Phi) is 3.79. The summed E-state index contributed by atoms with van der Waals surface area (Å²) in [7, 11) is 0. The third-order valence-electron chi connectivity index (χ3n) is 6.17. The number of allylic oxidation sites excluding steroid dienone is 2. The lowest BCUT2D eigenvalue weighted by molar-refractivity contribution is 0.418. The van der Waals surface area contributed by atoms with Gasteiger partial charge in [-0.05, 0) is 61.9 Å². The molecule has 5 heteroatoms. The zero-order valence-corrected chi connectivity index (χ0v) is 14.8. The van der Waals surface area contributed by atoms with Crippen molar-refractivity contribution >= 4 is 5.82 Å². The number of hydrogen-bond donors (Lipinski definition) is 3. The molecule has 2 aromatic rings. The van der Waals surface area contributed by atoms with Gasteiger partial charge in [0.2, 0.25) is 0 Å². The first-order valence-electron chi connectivity index (χ1n) is 9.63. The number of piperidine rings is 1. The minimum atomic E-state index is -0.00654. The summed E-state index contributed by atoms with van der Waals surface area (Å²) in [4.78, 5) is 0. The van der Waals surface area contributed by atoms with Gasteiger partial charge >= 0.3 is 0 Å². The average molecular weight is 345 g/mol. The zero-order valence-electron chi connectivity index (χ0n) is 14.8. The Hall–Kier alpha value is -2.58. The molecule has 1 unspecified atom stereocenters. The molecule has 0 amide bonds. The van der Waals surface area contributed by atoms with Crippen LogP contribution in [0.3, 0.4) is 0 Å². The molecule has 5 rings (SSSR count). The number of anilines is 1. The Labute approximate surface area is 153 Å². The molecule has 3 heterocycles. The fourth-order valence-electron chi connectivity index (χ4n) is 4.93. The van der Waals surface area contributed by atoms with Crippen LogP contribution in [0.4, 0.5) is 5.82 Å². The largest absolute Gasteiger partial charge is 0.341 e. The van der Waals surface area contributed by atoms with Crippen LogP contribution in [-0.4, -0.2) is 23.3 Å². The van der Waals surface area contributed by atoms with Crippen molar-refractivity contribution in [1.29, 1.82) is 5.26 Å². The number of aromatic amines is 1. The van der Waals surface area contributed by atoms with E-state index in [4.69, 9.17) is 0 Å². The fourth-order valence-corrected chi connectivity index (χ4v) is 4.93. The normalized spacial score (nSPS) is 22.5. The van der Waals surface area contributed by atoms with Crippen LogP contribution in [0.1, 0.15) is 47.4 Å². The summed E-state index contributed by atoms with van der Waals surface area (Å²) in [5.74, 6) is 1.28. The first-order chi connectivity index (χ1) is 12.9. The lowest BCUT2D eigenvalue weighted by atomic mass is 9.77. The van der Waals surface area contributed by atoms with Crippen LogP contribution in [0, 0.1) is 17.2 Å². The lowest BCUT2D eigenvalue weighted by Crippen LogP contribution is -2.32. The second kappa shape index (κ2) is 6.30. The number of nitriles is 1. The summed E-state index contributed by atoms with van der Waals surface area (Å²) < 4.78 is 0. The lowest BCUT2D eigenvalue weighted by Gasteiger charge is -2.33. The molecule has 1 aliphatic carbocycles. The first kappa shape index (κ1) is 15.7. The predicted octanol–water partition coefficient (Wildman–Crippen LogP) is 3.23. The Balaban J connectivity index is 1.68. The molecule has 5 nitrogen and oxygen atoms in total. The number of benzene rings is 1. The number of aromatic nitrogens is 2. The van der Waals surface area contributed by atoms with E-state index in [0.29, 0.717) is 5.92 Å². The van der Waals surface area contributed by atoms with Crippen molar-refractivity contribution < 1.29 is 0 Å². The molecule has 3 aliphatic rings. The Morgan fingerprint density at radius 3 is 2.85 bits per heavy atom. The Morgan fingerprint density at radius 1 is 1.12 bits per heavy atom. The molecule has 3 N–H and O–H groups in total. The minimum Gasteiger partial charge on any atom is -0.341 e. The number of nitrogens with one attached hydrogen (secondary N) is 3. The molecular weight excluding hydrogens is 322 g/mol. The molecule has 0 radical (unpaired) electrons. The molecule has 132 valence electrons. The van der Waals surface area contributed by atoms with E-state index < -0.39 is 0 Å². The topological polar surface area (TPSA) is 76.5 Å². The monoisotopic (exact) mass is 345 g/mol. The first-order valence-corrected chi connectivity index (χ1v) is 9.63. The van der Waals surface area contributed by atoms with Gasteiger partial charge in [0, 0.05) is 23.4 Å². The van der Waals surface area contributed by atoms with Gasteiger partial charge in [0.1, 0.15) is 0 Å². The maximum absolute atomic E-state index is 10.1. The number of H-pyrrole nitrogens is 1. The molecule has 0 saturated carbocycles. The Bertz CT molecular complexity index is 911. The summed E-state index contributed by atoms with van der Waals surface area (Å²) in [5, 5.41) is 24.5. The highest BCUT2D eigenvalue weighted by atomic mass is 15.2.